The standard InChI is InChI=1S/Ba.H2O4S.Pb.2H/c;1-5(2,3)4;;;/h;(H2,1,2,3,4);;;/q+2;;+2;2*-1/p-2. The molecule has 0 bridgehead atoms. The summed E-state index contributed by atoms with van der Waals surface area (Å²) in [5.74, 6) is 0. The van der Waals surface area contributed by atoms with Crippen LogP contribution in [-0.2, 0) is 10.4 Å². The molecular weight excluding hydrogens is 441 g/mol. The first-order valence-electron chi connectivity index (χ1n) is 0.667. The minimum absolute atomic E-state index is 0. The van der Waals surface area contributed by atoms with Gasteiger partial charge >= 0.3 is 76.2 Å². The topological polar surface area (TPSA) is 80.3 Å². The molecule has 0 N–H and O–H groups in total. The average Bonchev–Trinajstić information content (AvgIpc) is 0.722. The van der Waals surface area contributed by atoms with Crippen LogP contribution in [0, 0.1) is 0 Å². The predicted octanol–water partition coefficient (Wildman–Crippen LogP) is -1.87. The van der Waals surface area contributed by atoms with Crippen molar-refractivity contribution >= 4 is 86.6 Å². The molecule has 7 heavy (non-hydrogen) atoms. The molecule has 38 valence electrons. The van der Waals surface area contributed by atoms with E-state index in [2.05, 4.69) is 0 Å². The normalized spacial score (nSPS) is 8.29. The molecule has 0 aromatic rings. The summed E-state index contributed by atoms with van der Waals surface area (Å²) in [5, 5.41) is 0. The maximum atomic E-state index is 8.52. The molecule has 0 aromatic carbocycles. The SMILES string of the molecule is O=S(=O)([O-])[O-].[Ba+2].[H-].[H-].[Pb+2]. The Kier molecular flexibility index (Phi) is 15.0. The molecule has 0 rings (SSSR count). The van der Waals surface area contributed by atoms with Crippen molar-refractivity contribution in [3.8, 4) is 0 Å². The van der Waals surface area contributed by atoms with Crippen molar-refractivity contribution < 1.29 is 20.4 Å². The van der Waals surface area contributed by atoms with Crippen molar-refractivity contribution in [2.24, 2.45) is 0 Å². The second-order valence-corrected chi connectivity index (χ2v) is 1.22. The first-order chi connectivity index (χ1) is 2.00. The van der Waals surface area contributed by atoms with Gasteiger partial charge in [-0.3, -0.25) is 8.42 Å². The summed E-state index contributed by atoms with van der Waals surface area (Å²) >= 11 is 0. The van der Waals surface area contributed by atoms with Gasteiger partial charge in [-0.2, -0.15) is 0 Å². The van der Waals surface area contributed by atoms with E-state index in [-0.39, 0.29) is 79.0 Å². The molecule has 0 saturated carbocycles. The second-order valence-electron chi connectivity index (χ2n) is 0.408. The Hall–Kier alpha value is 2.36. The predicted molar refractivity (Wildman–Crippen MR) is 24.2 cm³/mol. The second kappa shape index (κ2) is 6.48. The Balaban J connectivity index is -0.0000000133. The molecule has 0 amide bonds. The van der Waals surface area contributed by atoms with E-state index in [4.69, 9.17) is 17.5 Å². The van der Waals surface area contributed by atoms with Crippen LogP contribution < -0.4 is 0 Å². The number of hydrogen-bond donors (Lipinski definition) is 0. The summed E-state index contributed by atoms with van der Waals surface area (Å²) in [7, 11) is -5.17. The van der Waals surface area contributed by atoms with Gasteiger partial charge in [0.05, 0.1) is 0 Å². The fourth-order valence-electron chi connectivity index (χ4n) is 0. The summed E-state index contributed by atoms with van der Waals surface area (Å²) in [6.45, 7) is 0. The van der Waals surface area contributed by atoms with E-state index in [1.54, 1.807) is 0 Å². The molecule has 0 spiro atoms. The van der Waals surface area contributed by atoms with Crippen LogP contribution in [-0.4, -0.2) is 93.7 Å². The fraction of sp³-hybridized carbons (Fsp3) is 0. The third-order valence-corrected chi connectivity index (χ3v) is 0. The van der Waals surface area contributed by atoms with Crippen LogP contribution in [0.2, 0.25) is 0 Å². The quantitative estimate of drug-likeness (QED) is 0.250. The van der Waals surface area contributed by atoms with Gasteiger partial charge in [-0.05, 0) is 0 Å². The Bertz CT molecular complexity index is 102. The summed E-state index contributed by atoms with van der Waals surface area (Å²) in [5.41, 5.74) is 0. The minimum atomic E-state index is -5.17. The van der Waals surface area contributed by atoms with E-state index in [1.807, 2.05) is 0 Å². The number of rotatable bonds is 0. The van der Waals surface area contributed by atoms with Crippen LogP contribution in [0.1, 0.15) is 2.85 Å². The zero-order valence-corrected chi connectivity index (χ0v) is 12.4. The van der Waals surface area contributed by atoms with Crippen molar-refractivity contribution in [2.75, 3.05) is 0 Å². The Morgan fingerprint density at radius 3 is 1.29 bits per heavy atom. The van der Waals surface area contributed by atoms with Gasteiger partial charge in [0.2, 0.25) is 0 Å². The van der Waals surface area contributed by atoms with Gasteiger partial charge in [-0.15, -0.1) is 0 Å². The van der Waals surface area contributed by atoms with Crippen LogP contribution in [0.25, 0.3) is 0 Å². The average molecular weight is 443 g/mol. The van der Waals surface area contributed by atoms with E-state index < -0.39 is 10.4 Å². The van der Waals surface area contributed by atoms with Crippen molar-refractivity contribution in [1.82, 2.24) is 0 Å². The van der Waals surface area contributed by atoms with Gasteiger partial charge in [-0.1, -0.05) is 0 Å². The molecule has 0 atom stereocenters. The Morgan fingerprint density at radius 2 is 1.29 bits per heavy atom. The van der Waals surface area contributed by atoms with Crippen molar-refractivity contribution in [1.29, 1.82) is 0 Å². The van der Waals surface area contributed by atoms with Crippen LogP contribution in [0.15, 0.2) is 0 Å². The third kappa shape index (κ3) is 60.6. The molecule has 0 aromatic heterocycles. The van der Waals surface area contributed by atoms with Crippen molar-refractivity contribution in [3.05, 3.63) is 0 Å². The van der Waals surface area contributed by atoms with Gasteiger partial charge in [0.1, 0.15) is 0 Å². The molecule has 0 aliphatic carbocycles. The fourth-order valence-corrected chi connectivity index (χ4v) is 0. The summed E-state index contributed by atoms with van der Waals surface area (Å²) in [4.78, 5) is 0. The largest absolute Gasteiger partial charge is 2.00 e. The molecule has 2 radical (unpaired) electrons. The molecule has 7 heteroatoms. The van der Waals surface area contributed by atoms with Gasteiger partial charge in [0.25, 0.3) is 0 Å². The van der Waals surface area contributed by atoms with Gasteiger partial charge in [0, 0.05) is 10.4 Å². The monoisotopic (exact) mass is 444 g/mol. The van der Waals surface area contributed by atoms with E-state index >= 15 is 0 Å². The third-order valence-electron chi connectivity index (χ3n) is 0. The summed E-state index contributed by atoms with van der Waals surface area (Å²) < 4.78 is 34.1. The summed E-state index contributed by atoms with van der Waals surface area (Å²) in [6, 6.07) is 0. The number of hydrogen-bond acceptors (Lipinski definition) is 4. The van der Waals surface area contributed by atoms with Crippen molar-refractivity contribution in [2.45, 2.75) is 0 Å². The molecule has 0 unspecified atom stereocenters. The molecule has 0 saturated heterocycles. The zero-order valence-electron chi connectivity index (χ0n) is 5.25. The molecule has 4 nitrogen and oxygen atoms in total. The van der Waals surface area contributed by atoms with Crippen LogP contribution in [0.5, 0.6) is 0 Å². The van der Waals surface area contributed by atoms with Crippen molar-refractivity contribution in [3.63, 3.8) is 0 Å². The van der Waals surface area contributed by atoms with E-state index in [1.165, 1.54) is 0 Å². The minimum Gasteiger partial charge on any atom is -1.00 e. The Morgan fingerprint density at radius 1 is 1.29 bits per heavy atom. The Labute approximate surface area is 105 Å². The smallest absolute Gasteiger partial charge is 1.00 e. The molecule has 0 heterocycles. The molecular formula is H2BaO4PbS. The maximum absolute atomic E-state index is 8.52. The van der Waals surface area contributed by atoms with Gasteiger partial charge < -0.3 is 12.0 Å². The molecule has 0 fully saturated rings. The molecule has 0 aliphatic rings. The first kappa shape index (κ1) is 16.2. The van der Waals surface area contributed by atoms with Gasteiger partial charge in [-0.25, -0.2) is 0 Å². The zero-order chi connectivity index (χ0) is 4.50. The van der Waals surface area contributed by atoms with Crippen LogP contribution in [0.3, 0.4) is 0 Å². The first-order valence-corrected chi connectivity index (χ1v) is 2.00. The van der Waals surface area contributed by atoms with Crippen LogP contribution >= 0.6 is 0 Å². The van der Waals surface area contributed by atoms with E-state index in [9.17, 15) is 0 Å². The molecule has 0 aliphatic heterocycles. The van der Waals surface area contributed by atoms with E-state index in [0.717, 1.165) is 0 Å². The maximum Gasteiger partial charge on any atom is 2.00 e. The van der Waals surface area contributed by atoms with Gasteiger partial charge in [0.15, 0.2) is 0 Å². The van der Waals surface area contributed by atoms with E-state index in [0.29, 0.717) is 0 Å². The van der Waals surface area contributed by atoms with Crippen LogP contribution in [0.4, 0.5) is 0 Å². The summed E-state index contributed by atoms with van der Waals surface area (Å²) in [6.07, 6.45) is 0.